The van der Waals surface area contributed by atoms with Gasteiger partial charge in [0.25, 0.3) is 11.8 Å². The summed E-state index contributed by atoms with van der Waals surface area (Å²) in [4.78, 5) is 38.3. The average molecular weight is 410 g/mol. The fraction of sp³-hybridized carbons (Fsp3) is 0.136. The average Bonchev–Trinajstić information content (AvgIpc) is 2.90. The zero-order chi connectivity index (χ0) is 21.1. The molecule has 1 heterocycles. The number of rotatable bonds is 6. The van der Waals surface area contributed by atoms with Crippen LogP contribution in [0.2, 0.25) is 5.02 Å². The maximum atomic E-state index is 13.0. The summed E-state index contributed by atoms with van der Waals surface area (Å²) in [7, 11) is 0. The van der Waals surface area contributed by atoms with Crippen molar-refractivity contribution >= 4 is 46.3 Å². The molecule has 1 aliphatic rings. The third kappa shape index (κ3) is 4.07. The molecule has 0 fully saturated rings. The molecule has 0 radical (unpaired) electrons. The third-order valence-corrected chi connectivity index (χ3v) is 4.91. The van der Waals surface area contributed by atoms with Crippen molar-refractivity contribution in [3.63, 3.8) is 0 Å². The van der Waals surface area contributed by atoms with Crippen LogP contribution < -0.4 is 10.6 Å². The molecule has 3 amide bonds. The van der Waals surface area contributed by atoms with Crippen molar-refractivity contribution in [2.45, 2.75) is 13.8 Å². The minimum Gasteiger partial charge on any atom is -0.350 e. The van der Waals surface area contributed by atoms with Gasteiger partial charge in [-0.25, -0.2) is 0 Å². The van der Waals surface area contributed by atoms with Crippen LogP contribution in [0.25, 0.3) is 5.57 Å². The van der Waals surface area contributed by atoms with Gasteiger partial charge < -0.3 is 10.6 Å². The Hall–Kier alpha value is -3.38. The van der Waals surface area contributed by atoms with Gasteiger partial charge in [0.05, 0.1) is 5.57 Å². The van der Waals surface area contributed by atoms with Crippen LogP contribution >= 0.6 is 11.6 Å². The molecule has 1 aliphatic heterocycles. The highest BCUT2D eigenvalue weighted by Gasteiger charge is 2.38. The Morgan fingerprint density at radius 3 is 2.45 bits per heavy atom. The van der Waals surface area contributed by atoms with Crippen molar-refractivity contribution in [1.82, 2.24) is 4.90 Å². The van der Waals surface area contributed by atoms with Crippen molar-refractivity contribution < 1.29 is 14.4 Å². The van der Waals surface area contributed by atoms with Crippen LogP contribution in [0.4, 0.5) is 11.4 Å². The molecule has 7 heteroatoms. The van der Waals surface area contributed by atoms with Gasteiger partial charge in [0.1, 0.15) is 5.70 Å². The number of benzene rings is 2. The van der Waals surface area contributed by atoms with Gasteiger partial charge in [-0.3, -0.25) is 19.3 Å². The van der Waals surface area contributed by atoms with Crippen LogP contribution in [-0.2, 0) is 14.4 Å². The summed E-state index contributed by atoms with van der Waals surface area (Å²) in [6.07, 6.45) is 1.50. The highest BCUT2D eigenvalue weighted by Crippen LogP contribution is 2.33. The molecule has 0 unspecified atom stereocenters. The van der Waals surface area contributed by atoms with Gasteiger partial charge in [0.15, 0.2) is 0 Å². The first-order valence-electron chi connectivity index (χ1n) is 8.95. The Morgan fingerprint density at radius 1 is 1.14 bits per heavy atom. The number of carbonyl (C=O) groups is 3. The number of hydrogen-bond donors (Lipinski definition) is 2. The summed E-state index contributed by atoms with van der Waals surface area (Å²) in [5.41, 5.74) is 3.00. The zero-order valence-electron chi connectivity index (χ0n) is 16.1. The lowest BCUT2D eigenvalue weighted by Gasteiger charge is -2.13. The lowest BCUT2D eigenvalue weighted by Crippen LogP contribution is -2.32. The van der Waals surface area contributed by atoms with E-state index >= 15 is 0 Å². The smallest absolute Gasteiger partial charge is 0.278 e. The van der Waals surface area contributed by atoms with Gasteiger partial charge in [-0.2, -0.15) is 0 Å². The molecule has 29 heavy (non-hydrogen) atoms. The van der Waals surface area contributed by atoms with Crippen LogP contribution in [0.5, 0.6) is 0 Å². The molecule has 0 atom stereocenters. The molecule has 0 saturated carbocycles. The first kappa shape index (κ1) is 20.4. The lowest BCUT2D eigenvalue weighted by atomic mass is 10.0. The molecular formula is C22H20ClN3O3. The highest BCUT2D eigenvalue weighted by molar-refractivity contribution is 6.37. The topological polar surface area (TPSA) is 78.5 Å². The van der Waals surface area contributed by atoms with E-state index in [0.717, 1.165) is 10.5 Å². The molecule has 2 aromatic rings. The van der Waals surface area contributed by atoms with Gasteiger partial charge in [-0.15, -0.1) is 6.58 Å². The molecule has 148 valence electrons. The number of carbonyl (C=O) groups excluding carboxylic acids is 3. The van der Waals surface area contributed by atoms with Crippen LogP contribution in [0, 0.1) is 6.92 Å². The predicted molar refractivity (Wildman–Crippen MR) is 114 cm³/mol. The van der Waals surface area contributed by atoms with E-state index in [0.29, 0.717) is 22.0 Å². The Labute approximate surface area is 173 Å². The summed E-state index contributed by atoms with van der Waals surface area (Å²) in [6, 6.07) is 12.1. The van der Waals surface area contributed by atoms with Crippen LogP contribution in [-0.4, -0.2) is 29.2 Å². The van der Waals surface area contributed by atoms with E-state index in [9.17, 15) is 14.4 Å². The SMILES string of the molecule is C=CCN1C(=O)C(Nc2cccc(Cl)c2C)=C(c2ccc(NC(C)=O)cc2)C1=O. The van der Waals surface area contributed by atoms with Crippen LogP contribution in [0.1, 0.15) is 18.1 Å². The number of imide groups is 1. The lowest BCUT2D eigenvalue weighted by molar-refractivity contribution is -0.136. The van der Waals surface area contributed by atoms with Gasteiger partial charge >= 0.3 is 0 Å². The van der Waals surface area contributed by atoms with Crippen molar-refractivity contribution in [2.24, 2.45) is 0 Å². The van der Waals surface area contributed by atoms with E-state index in [1.165, 1.54) is 13.0 Å². The van der Waals surface area contributed by atoms with Crippen LogP contribution in [0.15, 0.2) is 60.8 Å². The summed E-state index contributed by atoms with van der Waals surface area (Å²) in [5, 5.41) is 6.32. The van der Waals surface area contributed by atoms with E-state index in [4.69, 9.17) is 11.6 Å². The Balaban J connectivity index is 2.07. The first-order chi connectivity index (χ1) is 13.8. The Morgan fingerprint density at radius 2 is 1.83 bits per heavy atom. The van der Waals surface area contributed by atoms with Crippen molar-refractivity contribution in [2.75, 3.05) is 17.2 Å². The molecule has 2 aromatic carbocycles. The second kappa shape index (κ2) is 8.32. The second-order valence-electron chi connectivity index (χ2n) is 6.56. The minimum absolute atomic E-state index is 0.102. The fourth-order valence-electron chi connectivity index (χ4n) is 3.06. The molecule has 2 N–H and O–H groups in total. The van der Waals surface area contributed by atoms with Gasteiger partial charge in [-0.1, -0.05) is 35.9 Å². The molecule has 6 nitrogen and oxygen atoms in total. The number of nitrogens with one attached hydrogen (secondary N) is 2. The Kier molecular flexibility index (Phi) is 5.84. The van der Waals surface area contributed by atoms with Gasteiger partial charge in [-0.05, 0) is 42.3 Å². The van der Waals surface area contributed by atoms with E-state index in [2.05, 4.69) is 17.2 Å². The second-order valence-corrected chi connectivity index (χ2v) is 6.96. The molecule has 0 aromatic heterocycles. The first-order valence-corrected chi connectivity index (χ1v) is 9.32. The third-order valence-electron chi connectivity index (χ3n) is 4.50. The number of halogens is 1. The van der Waals surface area contributed by atoms with Crippen molar-refractivity contribution in [1.29, 1.82) is 0 Å². The summed E-state index contributed by atoms with van der Waals surface area (Å²) in [6.45, 7) is 6.97. The van der Waals surface area contributed by atoms with Crippen LogP contribution in [0.3, 0.4) is 0 Å². The van der Waals surface area contributed by atoms with E-state index in [1.807, 2.05) is 6.92 Å². The summed E-state index contributed by atoms with van der Waals surface area (Å²) >= 11 is 6.19. The molecule has 0 saturated heterocycles. The molecule has 0 spiro atoms. The maximum absolute atomic E-state index is 13.0. The van der Waals surface area contributed by atoms with E-state index in [-0.39, 0.29) is 23.7 Å². The van der Waals surface area contributed by atoms with Gasteiger partial charge in [0, 0.05) is 29.9 Å². The van der Waals surface area contributed by atoms with Crippen molar-refractivity contribution in [3.8, 4) is 0 Å². The van der Waals surface area contributed by atoms with E-state index in [1.54, 1.807) is 42.5 Å². The standard InChI is InChI=1S/C22H20ClN3O3/c1-4-12-26-21(28)19(15-8-10-16(11-9-15)24-14(3)27)20(22(26)29)25-18-7-5-6-17(23)13(18)2/h4-11,25H,1,12H2,2-3H3,(H,24,27). The van der Waals surface area contributed by atoms with E-state index < -0.39 is 11.8 Å². The monoisotopic (exact) mass is 409 g/mol. The number of amides is 3. The number of nitrogens with zero attached hydrogens (tertiary/aromatic N) is 1. The van der Waals surface area contributed by atoms with Crippen molar-refractivity contribution in [3.05, 3.63) is 77.0 Å². The number of hydrogen-bond acceptors (Lipinski definition) is 4. The highest BCUT2D eigenvalue weighted by atomic mass is 35.5. The maximum Gasteiger partial charge on any atom is 0.278 e. The molecule has 3 rings (SSSR count). The quantitative estimate of drug-likeness (QED) is 0.558. The zero-order valence-corrected chi connectivity index (χ0v) is 16.8. The number of anilines is 2. The molecule has 0 aliphatic carbocycles. The minimum atomic E-state index is -0.435. The summed E-state index contributed by atoms with van der Waals surface area (Å²) in [5.74, 6) is -1.04. The Bertz CT molecular complexity index is 1040. The largest absolute Gasteiger partial charge is 0.350 e. The summed E-state index contributed by atoms with van der Waals surface area (Å²) < 4.78 is 0. The van der Waals surface area contributed by atoms with Gasteiger partial charge in [0.2, 0.25) is 5.91 Å². The normalized spacial score (nSPS) is 13.7. The fourth-order valence-corrected chi connectivity index (χ4v) is 3.23. The predicted octanol–water partition coefficient (Wildman–Crippen LogP) is 3.98. The molecular weight excluding hydrogens is 390 g/mol. The molecule has 0 bridgehead atoms.